The molecule has 0 unspecified atom stereocenters. The summed E-state index contributed by atoms with van der Waals surface area (Å²) in [5.74, 6) is -3.94. The van der Waals surface area contributed by atoms with E-state index in [-0.39, 0.29) is 26.4 Å². The van der Waals surface area contributed by atoms with Gasteiger partial charge in [0.05, 0.1) is 52.7 Å². The van der Waals surface area contributed by atoms with Gasteiger partial charge in [-0.05, 0) is 63.1 Å². The molecule has 0 bridgehead atoms. The van der Waals surface area contributed by atoms with E-state index in [1.165, 1.54) is 0 Å². The summed E-state index contributed by atoms with van der Waals surface area (Å²) >= 11 is 0. The fourth-order valence-electron chi connectivity index (χ4n) is 5.76. The molecular weight excluding hydrogens is 596 g/mol. The van der Waals surface area contributed by atoms with Gasteiger partial charge in [-0.2, -0.15) is 0 Å². The second-order valence-corrected chi connectivity index (χ2v) is 10.5. The van der Waals surface area contributed by atoms with E-state index in [4.69, 9.17) is 28.4 Å². The van der Waals surface area contributed by atoms with Crippen molar-refractivity contribution in [1.29, 1.82) is 0 Å². The highest BCUT2D eigenvalue weighted by molar-refractivity contribution is 5.96. The molecule has 0 aliphatic carbocycles. The second kappa shape index (κ2) is 18.1. The molecule has 12 nitrogen and oxygen atoms in total. The maximum Gasteiger partial charge on any atom is 0.322 e. The smallest absolute Gasteiger partial charge is 0.322 e. The molecule has 46 heavy (non-hydrogen) atoms. The Morgan fingerprint density at radius 3 is 1.00 bits per heavy atom. The summed E-state index contributed by atoms with van der Waals surface area (Å²) in [7, 11) is 3.12. The summed E-state index contributed by atoms with van der Waals surface area (Å²) in [6.45, 7) is 8.69. The van der Waals surface area contributed by atoms with E-state index in [1.807, 2.05) is 34.1 Å². The molecule has 0 aromatic heterocycles. The molecule has 0 amide bonds. The number of hydrogen-bond acceptors (Lipinski definition) is 12. The van der Waals surface area contributed by atoms with Gasteiger partial charge in [0.15, 0.2) is 11.8 Å². The summed E-state index contributed by atoms with van der Waals surface area (Å²) in [5, 5.41) is 0. The molecule has 1 saturated heterocycles. The van der Waals surface area contributed by atoms with Crippen LogP contribution in [0.2, 0.25) is 0 Å². The first-order valence-electron chi connectivity index (χ1n) is 15.7. The van der Waals surface area contributed by atoms with Crippen molar-refractivity contribution in [3.63, 3.8) is 0 Å². The van der Waals surface area contributed by atoms with Gasteiger partial charge < -0.3 is 28.4 Å². The van der Waals surface area contributed by atoms with Crippen LogP contribution in [0.1, 0.15) is 50.9 Å². The standard InChI is InChI=1S/C34H46N2O10/c1-7-43-31(37)27(32(38)44-8-2)29(23-11-15-25(41-5)16-12-23)35-19-21-36(22-20-35)30(24-13-17-26(42-6)18-14-24)28(33(39)45-9-3)34(40)46-10-4/h11-18,27-30H,7-10,19-22H2,1-6H3/t29-,30+. The molecule has 3 rings (SSSR count). The average Bonchev–Trinajstić information content (AvgIpc) is 3.06. The molecule has 2 atom stereocenters. The van der Waals surface area contributed by atoms with Gasteiger partial charge in [-0.3, -0.25) is 29.0 Å². The Labute approximate surface area is 270 Å². The lowest BCUT2D eigenvalue weighted by Crippen LogP contribution is -2.54. The van der Waals surface area contributed by atoms with E-state index in [0.29, 0.717) is 48.8 Å². The van der Waals surface area contributed by atoms with Gasteiger partial charge in [0.25, 0.3) is 0 Å². The molecule has 2 aromatic carbocycles. The van der Waals surface area contributed by atoms with Gasteiger partial charge in [-0.1, -0.05) is 24.3 Å². The fourth-order valence-corrected chi connectivity index (χ4v) is 5.76. The third-order valence-corrected chi connectivity index (χ3v) is 7.84. The largest absolute Gasteiger partial charge is 0.497 e. The van der Waals surface area contributed by atoms with E-state index in [9.17, 15) is 19.2 Å². The maximum absolute atomic E-state index is 13.3. The Balaban J connectivity index is 2.03. The highest BCUT2D eigenvalue weighted by atomic mass is 16.6. The number of methoxy groups -OCH3 is 2. The molecule has 12 heteroatoms. The highest BCUT2D eigenvalue weighted by Crippen LogP contribution is 2.37. The third kappa shape index (κ3) is 8.97. The van der Waals surface area contributed by atoms with Crippen molar-refractivity contribution in [2.45, 2.75) is 39.8 Å². The summed E-state index contributed by atoms with van der Waals surface area (Å²) in [6, 6.07) is 12.9. The van der Waals surface area contributed by atoms with E-state index < -0.39 is 47.8 Å². The molecule has 1 fully saturated rings. The Kier molecular flexibility index (Phi) is 14.3. The van der Waals surface area contributed by atoms with Crippen LogP contribution in [0.15, 0.2) is 48.5 Å². The zero-order valence-electron chi connectivity index (χ0n) is 27.6. The quantitative estimate of drug-likeness (QED) is 0.151. The highest BCUT2D eigenvalue weighted by Gasteiger charge is 2.46. The van der Waals surface area contributed by atoms with Crippen molar-refractivity contribution < 1.29 is 47.6 Å². The molecule has 1 heterocycles. The minimum absolute atomic E-state index is 0.102. The van der Waals surface area contributed by atoms with Crippen LogP contribution in [0, 0.1) is 11.8 Å². The van der Waals surface area contributed by atoms with Crippen molar-refractivity contribution in [2.24, 2.45) is 11.8 Å². The Morgan fingerprint density at radius 1 is 0.522 bits per heavy atom. The lowest BCUT2D eigenvalue weighted by molar-refractivity contribution is -0.169. The van der Waals surface area contributed by atoms with Crippen LogP contribution < -0.4 is 9.47 Å². The Bertz CT molecular complexity index is 1140. The van der Waals surface area contributed by atoms with Crippen LogP contribution >= 0.6 is 0 Å². The van der Waals surface area contributed by atoms with E-state index in [0.717, 1.165) is 0 Å². The van der Waals surface area contributed by atoms with Crippen LogP contribution in [0.4, 0.5) is 0 Å². The van der Waals surface area contributed by atoms with Crippen molar-refractivity contribution in [3.8, 4) is 11.5 Å². The predicted molar refractivity (Wildman–Crippen MR) is 168 cm³/mol. The monoisotopic (exact) mass is 642 g/mol. The van der Waals surface area contributed by atoms with Gasteiger partial charge in [0, 0.05) is 26.2 Å². The van der Waals surface area contributed by atoms with Crippen molar-refractivity contribution in [3.05, 3.63) is 59.7 Å². The van der Waals surface area contributed by atoms with Gasteiger partial charge in [0.2, 0.25) is 0 Å². The Hall–Kier alpha value is -4.16. The van der Waals surface area contributed by atoms with Crippen molar-refractivity contribution >= 4 is 23.9 Å². The van der Waals surface area contributed by atoms with E-state index >= 15 is 0 Å². The Morgan fingerprint density at radius 2 is 0.783 bits per heavy atom. The van der Waals surface area contributed by atoms with Gasteiger partial charge in [-0.25, -0.2) is 0 Å². The SMILES string of the molecule is CCOC(=O)C(C(=O)OCC)[C@@H](c1ccc(OC)cc1)N1CCN([C@@H](c2ccc(OC)cc2)C(C(=O)OCC)C(=O)OCC)CC1. The predicted octanol–water partition coefficient (Wildman–Crippen LogP) is 3.59. The van der Waals surface area contributed by atoms with Crippen LogP contribution in [0.3, 0.4) is 0 Å². The summed E-state index contributed by atoms with van der Waals surface area (Å²) in [6.07, 6.45) is 0. The first kappa shape index (κ1) is 36.3. The molecule has 1 aliphatic rings. The normalized spacial score (nSPS) is 15.1. The average molecular weight is 643 g/mol. The topological polar surface area (TPSA) is 130 Å². The number of hydrogen-bond donors (Lipinski definition) is 0. The number of carbonyl (C=O) groups excluding carboxylic acids is 4. The molecule has 0 saturated carbocycles. The number of carbonyl (C=O) groups is 4. The van der Waals surface area contributed by atoms with Crippen LogP contribution in [0.25, 0.3) is 0 Å². The van der Waals surface area contributed by atoms with Crippen LogP contribution in [-0.2, 0) is 38.1 Å². The van der Waals surface area contributed by atoms with Crippen LogP contribution in [0.5, 0.6) is 11.5 Å². The summed E-state index contributed by atoms with van der Waals surface area (Å²) in [5.41, 5.74) is 1.42. The third-order valence-electron chi connectivity index (χ3n) is 7.84. The number of esters is 4. The zero-order valence-corrected chi connectivity index (χ0v) is 27.6. The number of ether oxygens (including phenoxy) is 6. The molecular formula is C34H46N2O10. The van der Waals surface area contributed by atoms with Gasteiger partial charge in [-0.15, -0.1) is 0 Å². The van der Waals surface area contributed by atoms with Crippen molar-refractivity contribution in [1.82, 2.24) is 9.80 Å². The molecule has 1 aliphatic heterocycles. The number of benzene rings is 2. The first-order valence-corrected chi connectivity index (χ1v) is 15.7. The van der Waals surface area contributed by atoms with Crippen molar-refractivity contribution in [2.75, 3.05) is 66.8 Å². The lowest BCUT2D eigenvalue weighted by atomic mass is 9.88. The van der Waals surface area contributed by atoms with Gasteiger partial charge >= 0.3 is 23.9 Å². The number of nitrogens with zero attached hydrogens (tertiary/aromatic N) is 2. The molecule has 0 N–H and O–H groups in total. The fraction of sp³-hybridized carbons (Fsp3) is 0.529. The maximum atomic E-state index is 13.3. The first-order chi connectivity index (χ1) is 22.2. The van der Waals surface area contributed by atoms with Crippen LogP contribution in [-0.4, -0.2) is 101 Å². The minimum atomic E-state index is -1.25. The minimum Gasteiger partial charge on any atom is -0.497 e. The molecule has 252 valence electrons. The summed E-state index contributed by atoms with van der Waals surface area (Å²) in [4.78, 5) is 57.3. The molecule has 0 spiro atoms. The van der Waals surface area contributed by atoms with Gasteiger partial charge in [0.1, 0.15) is 11.5 Å². The summed E-state index contributed by atoms with van der Waals surface area (Å²) < 4.78 is 32.1. The van der Waals surface area contributed by atoms with E-state index in [2.05, 4.69) is 0 Å². The number of piperazine rings is 1. The molecule has 0 radical (unpaired) electrons. The zero-order chi connectivity index (χ0) is 33.6. The lowest BCUT2D eigenvalue weighted by Gasteiger charge is -2.44. The number of rotatable bonds is 16. The second-order valence-electron chi connectivity index (χ2n) is 10.5. The van der Waals surface area contributed by atoms with E-state index in [1.54, 1.807) is 66.2 Å². The molecule has 2 aromatic rings.